The lowest BCUT2D eigenvalue weighted by Gasteiger charge is -2.20. The summed E-state index contributed by atoms with van der Waals surface area (Å²) in [6, 6.07) is 14.4. The van der Waals surface area contributed by atoms with Crippen molar-refractivity contribution < 1.29 is 13.2 Å². The molecule has 0 unspecified atom stereocenters. The molecular formula is C21H28N2O3S. The Morgan fingerprint density at radius 3 is 1.85 bits per heavy atom. The molecule has 27 heavy (non-hydrogen) atoms. The molecule has 2 aromatic carbocycles. The number of carbonyl (C=O) groups excluding carboxylic acids is 1. The highest BCUT2D eigenvalue weighted by molar-refractivity contribution is 7.89. The minimum Gasteiger partial charge on any atom is -0.337 e. The number of carbonyl (C=O) groups is 1. The van der Waals surface area contributed by atoms with Crippen LogP contribution in [0.4, 0.5) is 0 Å². The molecule has 5 nitrogen and oxygen atoms in total. The molecule has 6 heteroatoms. The second-order valence-electron chi connectivity index (χ2n) is 6.44. The van der Waals surface area contributed by atoms with Crippen molar-refractivity contribution in [3.8, 4) is 0 Å². The number of rotatable bonds is 8. The molecular weight excluding hydrogens is 360 g/mol. The zero-order valence-electron chi connectivity index (χ0n) is 16.5. The molecule has 0 aliphatic rings. The van der Waals surface area contributed by atoms with Crippen LogP contribution in [-0.4, -0.2) is 43.7 Å². The number of sulfonamides is 1. The molecule has 0 bridgehead atoms. The average Bonchev–Trinajstić information content (AvgIpc) is 2.68. The molecule has 0 radical (unpaired) electrons. The van der Waals surface area contributed by atoms with Crippen LogP contribution in [0, 0.1) is 0 Å². The summed E-state index contributed by atoms with van der Waals surface area (Å²) in [5.41, 5.74) is 2.79. The van der Waals surface area contributed by atoms with Gasteiger partial charge in [0.15, 0.2) is 0 Å². The first-order chi connectivity index (χ1) is 12.8. The normalized spacial score (nSPS) is 11.6. The number of nitrogens with zero attached hydrogens (tertiary/aromatic N) is 2. The van der Waals surface area contributed by atoms with E-state index in [2.05, 4.69) is 19.1 Å². The molecule has 0 aliphatic heterocycles. The zero-order chi connectivity index (χ0) is 20.0. The second-order valence-corrected chi connectivity index (χ2v) is 8.38. The predicted molar refractivity (Wildman–Crippen MR) is 108 cm³/mol. The van der Waals surface area contributed by atoms with Crippen LogP contribution in [0.3, 0.4) is 0 Å². The molecule has 0 aromatic heterocycles. The lowest BCUT2D eigenvalue weighted by atomic mass is 10.1. The lowest BCUT2D eigenvalue weighted by molar-refractivity contribution is 0.0785. The third kappa shape index (κ3) is 4.96. The lowest BCUT2D eigenvalue weighted by Crippen LogP contribution is -2.30. The summed E-state index contributed by atoms with van der Waals surface area (Å²) in [6.45, 7) is 7.05. The molecule has 0 saturated heterocycles. The minimum absolute atomic E-state index is 0.138. The van der Waals surface area contributed by atoms with Crippen molar-refractivity contribution in [2.45, 2.75) is 38.6 Å². The van der Waals surface area contributed by atoms with E-state index in [9.17, 15) is 13.2 Å². The summed E-state index contributed by atoms with van der Waals surface area (Å²) in [6.07, 6.45) is 0.984. The fourth-order valence-corrected chi connectivity index (χ4v) is 4.39. The molecule has 0 saturated carbocycles. The van der Waals surface area contributed by atoms with Gasteiger partial charge in [0.1, 0.15) is 0 Å². The Kier molecular flexibility index (Phi) is 7.16. The molecule has 0 fully saturated rings. The van der Waals surface area contributed by atoms with Gasteiger partial charge in [0.05, 0.1) is 4.90 Å². The summed E-state index contributed by atoms with van der Waals surface area (Å²) in [7, 11) is -1.76. The van der Waals surface area contributed by atoms with Gasteiger partial charge in [-0.15, -0.1) is 0 Å². The van der Waals surface area contributed by atoms with Crippen LogP contribution in [0.1, 0.15) is 42.3 Å². The van der Waals surface area contributed by atoms with E-state index in [-0.39, 0.29) is 10.8 Å². The van der Waals surface area contributed by atoms with E-state index in [0.717, 1.165) is 12.0 Å². The van der Waals surface area contributed by atoms with E-state index in [4.69, 9.17) is 0 Å². The molecule has 0 heterocycles. The molecule has 1 amide bonds. The number of aryl methyl sites for hydroxylation is 1. The van der Waals surface area contributed by atoms with Crippen LogP contribution in [0.2, 0.25) is 0 Å². The molecule has 0 aliphatic carbocycles. The Balaban J connectivity index is 2.12. The van der Waals surface area contributed by atoms with Crippen molar-refractivity contribution in [2.24, 2.45) is 0 Å². The summed E-state index contributed by atoms with van der Waals surface area (Å²) in [5.74, 6) is -0.138. The van der Waals surface area contributed by atoms with E-state index < -0.39 is 10.0 Å². The summed E-state index contributed by atoms with van der Waals surface area (Å²) >= 11 is 0. The summed E-state index contributed by atoms with van der Waals surface area (Å²) in [5, 5.41) is 0. The fraction of sp³-hybridized carbons (Fsp3) is 0.381. The first-order valence-electron chi connectivity index (χ1n) is 9.26. The van der Waals surface area contributed by atoms with E-state index in [1.165, 1.54) is 22.0 Å². The van der Waals surface area contributed by atoms with Gasteiger partial charge in [0.25, 0.3) is 5.91 Å². The SMILES string of the molecule is CCc1ccc(CN(C)C(=O)c2ccc(S(=O)(=O)N(CC)CC)cc2)cc1. The quantitative estimate of drug-likeness (QED) is 0.695. The molecule has 0 atom stereocenters. The third-order valence-corrected chi connectivity index (χ3v) is 6.71. The van der Waals surface area contributed by atoms with Crippen LogP contribution < -0.4 is 0 Å². The van der Waals surface area contributed by atoms with Crippen LogP contribution in [0.15, 0.2) is 53.4 Å². The summed E-state index contributed by atoms with van der Waals surface area (Å²) in [4.78, 5) is 14.5. The second kappa shape index (κ2) is 9.15. The van der Waals surface area contributed by atoms with Gasteiger partial charge >= 0.3 is 0 Å². The van der Waals surface area contributed by atoms with Crippen molar-refractivity contribution in [3.63, 3.8) is 0 Å². The topological polar surface area (TPSA) is 57.7 Å². The van der Waals surface area contributed by atoms with Gasteiger partial charge in [-0.3, -0.25) is 4.79 Å². The predicted octanol–water partition coefficient (Wildman–Crippen LogP) is 3.55. The van der Waals surface area contributed by atoms with E-state index in [1.54, 1.807) is 37.9 Å². The highest BCUT2D eigenvalue weighted by Gasteiger charge is 2.22. The Bertz CT molecular complexity index is 855. The van der Waals surface area contributed by atoms with Crippen LogP contribution in [-0.2, 0) is 23.0 Å². The van der Waals surface area contributed by atoms with Gasteiger partial charge in [0, 0.05) is 32.2 Å². The van der Waals surface area contributed by atoms with Crippen LogP contribution >= 0.6 is 0 Å². The molecule has 2 rings (SSSR count). The van der Waals surface area contributed by atoms with Gasteiger partial charge < -0.3 is 4.90 Å². The van der Waals surface area contributed by atoms with E-state index >= 15 is 0 Å². The fourth-order valence-electron chi connectivity index (χ4n) is 2.93. The Hall–Kier alpha value is -2.18. The highest BCUT2D eigenvalue weighted by atomic mass is 32.2. The van der Waals surface area contributed by atoms with Crippen molar-refractivity contribution in [3.05, 3.63) is 65.2 Å². The highest BCUT2D eigenvalue weighted by Crippen LogP contribution is 2.17. The maximum atomic E-state index is 12.6. The number of amides is 1. The molecule has 0 spiro atoms. The van der Waals surface area contributed by atoms with Crippen molar-refractivity contribution in [1.29, 1.82) is 0 Å². The third-order valence-electron chi connectivity index (χ3n) is 4.64. The Morgan fingerprint density at radius 1 is 0.852 bits per heavy atom. The van der Waals surface area contributed by atoms with E-state index in [1.807, 2.05) is 12.1 Å². The summed E-state index contributed by atoms with van der Waals surface area (Å²) < 4.78 is 26.5. The smallest absolute Gasteiger partial charge is 0.253 e. The van der Waals surface area contributed by atoms with Gasteiger partial charge in [-0.05, 0) is 41.8 Å². The van der Waals surface area contributed by atoms with Gasteiger partial charge in [-0.2, -0.15) is 4.31 Å². The first-order valence-corrected chi connectivity index (χ1v) is 10.7. The Morgan fingerprint density at radius 2 is 1.37 bits per heavy atom. The maximum Gasteiger partial charge on any atom is 0.253 e. The minimum atomic E-state index is -3.51. The zero-order valence-corrected chi connectivity index (χ0v) is 17.3. The molecule has 0 N–H and O–H groups in total. The molecule has 2 aromatic rings. The van der Waals surface area contributed by atoms with Crippen molar-refractivity contribution >= 4 is 15.9 Å². The molecule has 146 valence electrons. The van der Waals surface area contributed by atoms with Gasteiger partial charge in [-0.1, -0.05) is 45.0 Å². The first kappa shape index (κ1) is 21.1. The van der Waals surface area contributed by atoms with E-state index in [0.29, 0.717) is 25.2 Å². The van der Waals surface area contributed by atoms with Gasteiger partial charge in [0.2, 0.25) is 10.0 Å². The van der Waals surface area contributed by atoms with Crippen LogP contribution in [0.5, 0.6) is 0 Å². The number of hydrogen-bond acceptors (Lipinski definition) is 3. The number of benzene rings is 2. The Labute approximate surface area is 162 Å². The van der Waals surface area contributed by atoms with Crippen molar-refractivity contribution in [1.82, 2.24) is 9.21 Å². The largest absolute Gasteiger partial charge is 0.337 e. The average molecular weight is 389 g/mol. The maximum absolute atomic E-state index is 12.6. The standard InChI is InChI=1S/C21H28N2O3S/c1-5-17-8-10-18(11-9-17)16-22(4)21(24)19-12-14-20(15-13-19)27(25,26)23(6-2)7-3/h8-15H,5-7,16H2,1-4H3. The number of hydrogen-bond donors (Lipinski definition) is 0. The van der Waals surface area contributed by atoms with Crippen LogP contribution in [0.25, 0.3) is 0 Å². The monoisotopic (exact) mass is 388 g/mol. The van der Waals surface area contributed by atoms with Gasteiger partial charge in [-0.25, -0.2) is 8.42 Å². The van der Waals surface area contributed by atoms with Crippen molar-refractivity contribution in [2.75, 3.05) is 20.1 Å².